The smallest absolute Gasteiger partial charge is 0.245 e. The van der Waals surface area contributed by atoms with E-state index >= 15 is 0 Å². The van der Waals surface area contributed by atoms with Crippen LogP contribution in [0.3, 0.4) is 0 Å². The molecule has 2 aliphatic heterocycles. The number of halogens is 2. The predicted octanol–water partition coefficient (Wildman–Crippen LogP) is 2.50. The Bertz CT molecular complexity index is 727. The molecule has 0 atom stereocenters. The maximum Gasteiger partial charge on any atom is 0.245 e. The first-order valence-corrected chi connectivity index (χ1v) is 9.95. The van der Waals surface area contributed by atoms with Crippen LogP contribution in [0.2, 0.25) is 5.02 Å². The number of carbonyl (C=O) groups is 1. The Hall–Kier alpha value is -1.18. The van der Waals surface area contributed by atoms with Crippen LogP contribution in [-0.2, 0) is 14.8 Å². The molecule has 1 aromatic carbocycles. The first-order chi connectivity index (χ1) is 11.4. The molecule has 0 unspecified atom stereocenters. The highest BCUT2D eigenvalue weighted by Crippen LogP contribution is 2.28. The van der Waals surface area contributed by atoms with Gasteiger partial charge in [-0.3, -0.25) is 4.79 Å². The van der Waals surface area contributed by atoms with Crippen LogP contribution in [0.1, 0.15) is 25.7 Å². The number of amides is 1. The van der Waals surface area contributed by atoms with Gasteiger partial charge < -0.3 is 4.90 Å². The average molecular weight is 375 g/mol. The number of piperidine rings is 1. The maximum atomic E-state index is 14.0. The van der Waals surface area contributed by atoms with Gasteiger partial charge in [0.2, 0.25) is 15.9 Å². The van der Waals surface area contributed by atoms with Crippen molar-refractivity contribution in [3.63, 3.8) is 0 Å². The Morgan fingerprint density at radius 3 is 2.33 bits per heavy atom. The number of hydrogen-bond donors (Lipinski definition) is 0. The van der Waals surface area contributed by atoms with Gasteiger partial charge >= 0.3 is 0 Å². The van der Waals surface area contributed by atoms with Crippen molar-refractivity contribution in [3.8, 4) is 0 Å². The number of likely N-dealkylation sites (tertiary alicyclic amines) is 1. The van der Waals surface area contributed by atoms with Crippen molar-refractivity contribution in [2.45, 2.75) is 30.6 Å². The summed E-state index contributed by atoms with van der Waals surface area (Å²) < 4.78 is 40.4. The highest BCUT2D eigenvalue weighted by atomic mass is 35.5. The van der Waals surface area contributed by atoms with Gasteiger partial charge in [0.15, 0.2) is 0 Å². The molecule has 0 spiro atoms. The third-order valence-electron chi connectivity index (χ3n) is 4.73. The van der Waals surface area contributed by atoms with Gasteiger partial charge in [0.25, 0.3) is 0 Å². The van der Waals surface area contributed by atoms with Crippen molar-refractivity contribution in [3.05, 3.63) is 29.0 Å². The maximum absolute atomic E-state index is 14.0. The molecule has 0 aromatic heterocycles. The normalized spacial score (nSPS) is 20.5. The Balaban J connectivity index is 1.68. The van der Waals surface area contributed by atoms with E-state index in [0.29, 0.717) is 12.8 Å². The first kappa shape index (κ1) is 17.6. The van der Waals surface area contributed by atoms with Crippen molar-refractivity contribution in [1.82, 2.24) is 9.21 Å². The Morgan fingerprint density at radius 2 is 1.75 bits per heavy atom. The topological polar surface area (TPSA) is 57.7 Å². The van der Waals surface area contributed by atoms with Crippen LogP contribution in [0.25, 0.3) is 0 Å². The molecule has 1 aromatic rings. The van der Waals surface area contributed by atoms with Crippen LogP contribution in [0, 0.1) is 11.7 Å². The SMILES string of the molecule is O=C(C1CCN(S(=O)(=O)c2ccc(Cl)cc2F)CC1)N1CCCC1. The van der Waals surface area contributed by atoms with E-state index in [1.54, 1.807) is 0 Å². The number of benzene rings is 1. The van der Waals surface area contributed by atoms with Gasteiger partial charge in [0.05, 0.1) is 0 Å². The second-order valence-electron chi connectivity index (χ2n) is 6.29. The molecule has 2 saturated heterocycles. The zero-order chi connectivity index (χ0) is 17.3. The molecule has 0 bridgehead atoms. The van der Waals surface area contributed by atoms with Gasteiger partial charge in [-0.1, -0.05) is 11.6 Å². The lowest BCUT2D eigenvalue weighted by molar-refractivity contribution is -0.135. The number of nitrogens with zero attached hydrogens (tertiary/aromatic N) is 2. The monoisotopic (exact) mass is 374 g/mol. The number of carbonyl (C=O) groups excluding carboxylic acids is 1. The van der Waals surface area contributed by atoms with Gasteiger partial charge in [-0.25, -0.2) is 12.8 Å². The standard InChI is InChI=1S/C16H20ClFN2O3S/c17-13-3-4-15(14(18)11-13)24(22,23)20-9-5-12(6-10-20)16(21)19-7-1-2-8-19/h3-4,11-12H,1-2,5-10H2. The molecule has 1 amide bonds. The van der Waals surface area contributed by atoms with Gasteiger partial charge in [0.1, 0.15) is 10.7 Å². The second-order valence-corrected chi connectivity index (χ2v) is 8.63. The van der Waals surface area contributed by atoms with Crippen LogP contribution in [0.15, 0.2) is 23.1 Å². The average Bonchev–Trinajstić information content (AvgIpc) is 3.08. The first-order valence-electron chi connectivity index (χ1n) is 8.13. The highest BCUT2D eigenvalue weighted by Gasteiger charge is 2.35. The Morgan fingerprint density at radius 1 is 1.12 bits per heavy atom. The molecule has 5 nitrogen and oxygen atoms in total. The third-order valence-corrected chi connectivity index (χ3v) is 6.90. The molecule has 24 heavy (non-hydrogen) atoms. The molecular formula is C16H20ClFN2O3S. The van der Waals surface area contributed by atoms with Gasteiger partial charge in [-0.15, -0.1) is 0 Å². The summed E-state index contributed by atoms with van der Waals surface area (Å²) in [5.41, 5.74) is 0. The fraction of sp³-hybridized carbons (Fsp3) is 0.562. The molecule has 2 fully saturated rings. The predicted molar refractivity (Wildman–Crippen MR) is 88.7 cm³/mol. The zero-order valence-corrected chi connectivity index (χ0v) is 14.8. The van der Waals surface area contributed by atoms with Crippen molar-refractivity contribution >= 4 is 27.5 Å². The van der Waals surface area contributed by atoms with E-state index in [1.165, 1.54) is 16.4 Å². The summed E-state index contributed by atoms with van der Waals surface area (Å²) in [5.74, 6) is -0.857. The van der Waals surface area contributed by atoms with Gasteiger partial charge in [-0.05, 0) is 43.9 Å². The van der Waals surface area contributed by atoms with Crippen LogP contribution in [0.4, 0.5) is 4.39 Å². The minimum atomic E-state index is -3.90. The fourth-order valence-electron chi connectivity index (χ4n) is 3.36. The van der Waals surface area contributed by atoms with E-state index in [1.807, 2.05) is 4.90 Å². The van der Waals surface area contributed by atoms with Crippen LogP contribution in [0.5, 0.6) is 0 Å². The van der Waals surface area contributed by atoms with Crippen molar-refractivity contribution in [2.24, 2.45) is 5.92 Å². The Kier molecular flexibility index (Phi) is 5.13. The molecule has 0 saturated carbocycles. The number of sulfonamides is 1. The van der Waals surface area contributed by atoms with Crippen molar-refractivity contribution < 1.29 is 17.6 Å². The minimum absolute atomic E-state index is 0.127. The van der Waals surface area contributed by atoms with Gasteiger partial charge in [-0.2, -0.15) is 4.31 Å². The lowest BCUT2D eigenvalue weighted by Crippen LogP contribution is -2.43. The summed E-state index contributed by atoms with van der Waals surface area (Å²) in [6.45, 7) is 2.06. The van der Waals surface area contributed by atoms with E-state index in [0.717, 1.165) is 32.0 Å². The zero-order valence-electron chi connectivity index (χ0n) is 13.2. The van der Waals surface area contributed by atoms with Crippen LogP contribution in [-0.4, -0.2) is 49.7 Å². The molecule has 8 heteroatoms. The lowest BCUT2D eigenvalue weighted by Gasteiger charge is -2.32. The summed E-state index contributed by atoms with van der Waals surface area (Å²) >= 11 is 5.68. The van der Waals surface area contributed by atoms with Crippen LogP contribution < -0.4 is 0 Å². The quantitative estimate of drug-likeness (QED) is 0.816. The summed E-state index contributed by atoms with van der Waals surface area (Å²) in [6, 6.07) is 3.55. The number of hydrogen-bond acceptors (Lipinski definition) is 3. The number of rotatable bonds is 3. The molecule has 0 N–H and O–H groups in total. The lowest BCUT2D eigenvalue weighted by atomic mass is 9.97. The van der Waals surface area contributed by atoms with E-state index in [-0.39, 0.29) is 34.8 Å². The van der Waals surface area contributed by atoms with E-state index in [2.05, 4.69) is 0 Å². The van der Waals surface area contributed by atoms with E-state index < -0.39 is 15.8 Å². The second kappa shape index (κ2) is 6.98. The molecule has 2 aliphatic rings. The fourth-order valence-corrected chi connectivity index (χ4v) is 5.04. The highest BCUT2D eigenvalue weighted by molar-refractivity contribution is 7.89. The summed E-state index contributed by atoms with van der Waals surface area (Å²) in [6.07, 6.45) is 3.02. The molecule has 132 valence electrons. The molecular weight excluding hydrogens is 355 g/mol. The summed E-state index contributed by atoms with van der Waals surface area (Å²) in [7, 11) is -3.90. The molecule has 3 rings (SSSR count). The molecule has 2 heterocycles. The van der Waals surface area contributed by atoms with Crippen molar-refractivity contribution in [2.75, 3.05) is 26.2 Å². The van der Waals surface area contributed by atoms with Gasteiger partial charge in [0, 0.05) is 37.1 Å². The summed E-state index contributed by atoms with van der Waals surface area (Å²) in [4.78, 5) is 13.9. The van der Waals surface area contributed by atoms with E-state index in [9.17, 15) is 17.6 Å². The van der Waals surface area contributed by atoms with E-state index in [4.69, 9.17) is 11.6 Å². The Labute approximate surface area is 146 Å². The van der Waals surface area contributed by atoms with Crippen molar-refractivity contribution in [1.29, 1.82) is 0 Å². The van der Waals surface area contributed by atoms with Crippen LogP contribution >= 0.6 is 11.6 Å². The molecule has 0 radical (unpaired) electrons. The minimum Gasteiger partial charge on any atom is -0.342 e. The largest absolute Gasteiger partial charge is 0.342 e. The summed E-state index contributed by atoms with van der Waals surface area (Å²) in [5, 5.41) is 0.154. The molecule has 0 aliphatic carbocycles. The third kappa shape index (κ3) is 3.43.